The van der Waals surface area contributed by atoms with Crippen LogP contribution < -0.4 is 10.0 Å². The van der Waals surface area contributed by atoms with E-state index in [2.05, 4.69) is 32.6 Å². The number of benzene rings is 2. The van der Waals surface area contributed by atoms with E-state index in [1.165, 1.54) is 12.1 Å². The summed E-state index contributed by atoms with van der Waals surface area (Å²) in [6, 6.07) is 15.0. The SMILES string of the molecule is CCNC(=O)C(Cc1ccccc1)NS(=O)(=O)c1ccc(I)cc1. The van der Waals surface area contributed by atoms with Crippen molar-refractivity contribution < 1.29 is 13.2 Å². The molecule has 1 unspecified atom stereocenters. The zero-order chi connectivity index (χ0) is 17.6. The van der Waals surface area contributed by atoms with Crippen molar-refractivity contribution in [2.75, 3.05) is 6.54 Å². The molecule has 0 aliphatic carbocycles. The van der Waals surface area contributed by atoms with Gasteiger partial charge in [0, 0.05) is 10.1 Å². The Labute approximate surface area is 156 Å². The maximum Gasteiger partial charge on any atom is 0.241 e. The molecular weight excluding hydrogens is 439 g/mol. The number of nitrogens with one attached hydrogen (secondary N) is 2. The molecule has 0 bridgehead atoms. The summed E-state index contributed by atoms with van der Waals surface area (Å²) in [4.78, 5) is 12.4. The number of likely N-dealkylation sites (N-methyl/N-ethyl adjacent to an activating group) is 1. The molecule has 2 N–H and O–H groups in total. The molecule has 0 aliphatic heterocycles. The van der Waals surface area contributed by atoms with Crippen molar-refractivity contribution in [3.63, 3.8) is 0 Å². The summed E-state index contributed by atoms with van der Waals surface area (Å²) in [7, 11) is -3.77. The molecule has 128 valence electrons. The fraction of sp³-hybridized carbons (Fsp3) is 0.235. The van der Waals surface area contributed by atoms with E-state index in [-0.39, 0.29) is 17.2 Å². The van der Waals surface area contributed by atoms with Gasteiger partial charge in [0.25, 0.3) is 0 Å². The first-order valence-corrected chi connectivity index (χ1v) is 10.1. The standard InChI is InChI=1S/C17H19IN2O3S/c1-2-19-17(21)16(12-13-6-4-3-5-7-13)20-24(22,23)15-10-8-14(18)9-11-15/h3-11,16,20H,2,12H2,1H3,(H,19,21). The van der Waals surface area contributed by atoms with E-state index in [0.717, 1.165) is 9.13 Å². The summed E-state index contributed by atoms with van der Waals surface area (Å²) in [5.41, 5.74) is 0.888. The van der Waals surface area contributed by atoms with E-state index in [0.29, 0.717) is 6.54 Å². The van der Waals surface area contributed by atoms with Crippen LogP contribution in [0.4, 0.5) is 0 Å². The number of halogens is 1. The van der Waals surface area contributed by atoms with E-state index < -0.39 is 16.1 Å². The van der Waals surface area contributed by atoms with Gasteiger partial charge in [-0.25, -0.2) is 8.42 Å². The molecule has 0 saturated carbocycles. The van der Waals surface area contributed by atoms with Crippen LogP contribution in [0.25, 0.3) is 0 Å². The van der Waals surface area contributed by atoms with Gasteiger partial charge in [0.05, 0.1) is 4.90 Å². The molecule has 0 aromatic heterocycles. The number of hydrogen-bond acceptors (Lipinski definition) is 3. The first kappa shape index (κ1) is 18.9. The normalized spacial score (nSPS) is 12.6. The fourth-order valence-electron chi connectivity index (χ4n) is 2.20. The smallest absolute Gasteiger partial charge is 0.241 e. The van der Waals surface area contributed by atoms with Crippen LogP contribution in [0.5, 0.6) is 0 Å². The van der Waals surface area contributed by atoms with Crippen molar-refractivity contribution in [1.29, 1.82) is 0 Å². The first-order chi connectivity index (χ1) is 11.4. The first-order valence-electron chi connectivity index (χ1n) is 7.52. The highest BCUT2D eigenvalue weighted by atomic mass is 127. The van der Waals surface area contributed by atoms with Crippen LogP contribution in [0, 0.1) is 3.57 Å². The molecule has 0 fully saturated rings. The fourth-order valence-corrected chi connectivity index (χ4v) is 3.76. The van der Waals surface area contributed by atoms with Gasteiger partial charge >= 0.3 is 0 Å². The van der Waals surface area contributed by atoms with Gasteiger partial charge < -0.3 is 5.32 Å². The lowest BCUT2D eigenvalue weighted by Gasteiger charge is -2.18. The summed E-state index contributed by atoms with van der Waals surface area (Å²) in [5.74, 6) is -0.338. The third kappa shape index (κ3) is 5.29. The lowest BCUT2D eigenvalue weighted by atomic mass is 10.1. The zero-order valence-electron chi connectivity index (χ0n) is 13.2. The molecule has 0 aliphatic rings. The Balaban J connectivity index is 2.23. The van der Waals surface area contributed by atoms with Crippen LogP contribution in [-0.2, 0) is 21.2 Å². The Hall–Kier alpha value is -1.45. The second-order valence-electron chi connectivity index (χ2n) is 5.21. The number of rotatable bonds is 7. The maximum absolute atomic E-state index is 12.6. The molecule has 0 spiro atoms. The minimum atomic E-state index is -3.77. The van der Waals surface area contributed by atoms with E-state index in [9.17, 15) is 13.2 Å². The van der Waals surface area contributed by atoms with Crippen molar-refractivity contribution in [3.05, 3.63) is 63.7 Å². The van der Waals surface area contributed by atoms with E-state index in [1.807, 2.05) is 30.3 Å². The van der Waals surface area contributed by atoms with E-state index >= 15 is 0 Å². The van der Waals surface area contributed by atoms with Crippen LogP contribution in [0.15, 0.2) is 59.5 Å². The molecular formula is C17H19IN2O3S. The summed E-state index contributed by atoms with van der Waals surface area (Å²) in [5, 5.41) is 2.68. The predicted octanol–water partition coefficient (Wildman–Crippen LogP) is 2.32. The molecule has 1 atom stereocenters. The van der Waals surface area contributed by atoms with Crippen LogP contribution in [-0.4, -0.2) is 26.9 Å². The largest absolute Gasteiger partial charge is 0.355 e. The number of carbonyl (C=O) groups is 1. The average Bonchev–Trinajstić information content (AvgIpc) is 2.55. The monoisotopic (exact) mass is 458 g/mol. The van der Waals surface area contributed by atoms with Gasteiger partial charge in [0.15, 0.2) is 0 Å². The quantitative estimate of drug-likeness (QED) is 0.626. The molecule has 7 heteroatoms. The Bertz CT molecular complexity index is 777. The molecule has 2 aromatic rings. The van der Waals surface area contributed by atoms with Gasteiger partial charge in [-0.15, -0.1) is 0 Å². The highest BCUT2D eigenvalue weighted by Gasteiger charge is 2.25. The third-order valence-corrected chi connectivity index (χ3v) is 5.58. The predicted molar refractivity (Wildman–Crippen MR) is 102 cm³/mol. The Morgan fingerprint density at radius 2 is 1.71 bits per heavy atom. The molecule has 2 rings (SSSR count). The van der Waals surface area contributed by atoms with E-state index in [1.54, 1.807) is 19.1 Å². The van der Waals surface area contributed by atoms with Crippen molar-refractivity contribution >= 4 is 38.5 Å². The highest BCUT2D eigenvalue weighted by Crippen LogP contribution is 2.13. The van der Waals surface area contributed by atoms with Crippen molar-refractivity contribution in [3.8, 4) is 0 Å². The second-order valence-corrected chi connectivity index (χ2v) is 8.17. The lowest BCUT2D eigenvalue weighted by molar-refractivity contribution is -0.122. The highest BCUT2D eigenvalue weighted by molar-refractivity contribution is 14.1. The van der Waals surface area contributed by atoms with Gasteiger partial charge in [-0.05, 0) is 65.8 Å². The second kappa shape index (κ2) is 8.59. The average molecular weight is 458 g/mol. The molecule has 2 aromatic carbocycles. The van der Waals surface area contributed by atoms with Gasteiger partial charge in [0.2, 0.25) is 15.9 Å². The third-order valence-electron chi connectivity index (χ3n) is 3.37. The topological polar surface area (TPSA) is 75.3 Å². The van der Waals surface area contributed by atoms with Crippen LogP contribution in [0.3, 0.4) is 0 Å². The van der Waals surface area contributed by atoms with Crippen LogP contribution >= 0.6 is 22.6 Å². The zero-order valence-corrected chi connectivity index (χ0v) is 16.2. The molecule has 0 saturated heterocycles. The van der Waals surface area contributed by atoms with Crippen molar-refractivity contribution in [2.24, 2.45) is 0 Å². The number of sulfonamides is 1. The van der Waals surface area contributed by atoms with Crippen molar-refractivity contribution in [2.45, 2.75) is 24.3 Å². The van der Waals surface area contributed by atoms with Gasteiger partial charge in [-0.2, -0.15) is 4.72 Å². The summed E-state index contributed by atoms with van der Waals surface area (Å²) in [6.45, 7) is 2.24. The molecule has 5 nitrogen and oxygen atoms in total. The minimum Gasteiger partial charge on any atom is -0.355 e. The Kier molecular flexibility index (Phi) is 6.76. The Morgan fingerprint density at radius 1 is 1.08 bits per heavy atom. The lowest BCUT2D eigenvalue weighted by Crippen LogP contribution is -2.47. The van der Waals surface area contributed by atoms with Gasteiger partial charge in [0.1, 0.15) is 6.04 Å². The van der Waals surface area contributed by atoms with E-state index in [4.69, 9.17) is 0 Å². The summed E-state index contributed by atoms with van der Waals surface area (Å²) >= 11 is 2.11. The van der Waals surface area contributed by atoms with Gasteiger partial charge in [-0.3, -0.25) is 4.79 Å². The maximum atomic E-state index is 12.6. The van der Waals surface area contributed by atoms with Crippen LogP contribution in [0.2, 0.25) is 0 Å². The summed E-state index contributed by atoms with van der Waals surface area (Å²) in [6.07, 6.45) is 0.288. The Morgan fingerprint density at radius 3 is 2.29 bits per heavy atom. The molecule has 1 amide bonds. The van der Waals surface area contributed by atoms with Gasteiger partial charge in [-0.1, -0.05) is 30.3 Å². The molecule has 24 heavy (non-hydrogen) atoms. The minimum absolute atomic E-state index is 0.144. The molecule has 0 radical (unpaired) electrons. The van der Waals surface area contributed by atoms with Crippen LogP contribution in [0.1, 0.15) is 12.5 Å². The summed E-state index contributed by atoms with van der Waals surface area (Å²) < 4.78 is 28.6. The number of amides is 1. The van der Waals surface area contributed by atoms with Crippen molar-refractivity contribution in [1.82, 2.24) is 10.0 Å². The molecule has 0 heterocycles. The number of carbonyl (C=O) groups excluding carboxylic acids is 1. The number of hydrogen-bond donors (Lipinski definition) is 2.